The zero-order valence-corrected chi connectivity index (χ0v) is 18.0. The van der Waals surface area contributed by atoms with Crippen molar-refractivity contribution >= 4 is 34.1 Å². The van der Waals surface area contributed by atoms with Crippen LogP contribution in [0.4, 0.5) is 10.7 Å². The molecular formula is C25H26N2O2S. The Morgan fingerprint density at radius 2 is 1.73 bits per heavy atom. The van der Waals surface area contributed by atoms with E-state index in [0.29, 0.717) is 0 Å². The monoisotopic (exact) mass is 418 g/mol. The van der Waals surface area contributed by atoms with E-state index >= 15 is 0 Å². The lowest BCUT2D eigenvalue weighted by Crippen LogP contribution is -2.14. The third-order valence-electron chi connectivity index (χ3n) is 5.37. The zero-order chi connectivity index (χ0) is 20.8. The summed E-state index contributed by atoms with van der Waals surface area (Å²) in [5, 5.41) is 3.84. The first-order chi connectivity index (χ1) is 14.8. The lowest BCUT2D eigenvalue weighted by Gasteiger charge is -2.12. The van der Waals surface area contributed by atoms with E-state index in [9.17, 15) is 4.79 Å². The van der Waals surface area contributed by atoms with Crippen molar-refractivity contribution in [3.8, 4) is 5.75 Å². The summed E-state index contributed by atoms with van der Waals surface area (Å²) in [5.41, 5.74) is 3.61. The Bertz CT molecular complexity index is 1040. The molecular weight excluding hydrogens is 392 g/mol. The third-order valence-corrected chi connectivity index (χ3v) is 6.57. The molecule has 3 aromatic rings. The number of anilines is 1. The number of para-hydroxylation sites is 2. The van der Waals surface area contributed by atoms with Gasteiger partial charge in [-0.25, -0.2) is 4.99 Å². The van der Waals surface area contributed by atoms with Crippen molar-refractivity contribution in [3.05, 3.63) is 76.2 Å². The second-order valence-corrected chi connectivity index (χ2v) is 8.50. The number of aliphatic imine (C=N–C) groups is 1. The van der Waals surface area contributed by atoms with Crippen LogP contribution in [0.15, 0.2) is 59.6 Å². The Morgan fingerprint density at radius 1 is 1.00 bits per heavy atom. The first kappa shape index (κ1) is 20.4. The van der Waals surface area contributed by atoms with Gasteiger partial charge in [0, 0.05) is 22.3 Å². The molecule has 0 atom stereocenters. The van der Waals surface area contributed by atoms with Crippen molar-refractivity contribution < 1.29 is 9.53 Å². The standard InChI is InChI=1S/C25H26N2O2S/c1-29-21-15-10-9-11-18(21)17-26-25-23(24(28)27-19-12-5-4-6-13-19)20-14-7-2-3-8-16-22(20)30-25/h4-6,9-13,15,17H,2-3,7-8,14,16H2,1H3,(H,27,28). The minimum Gasteiger partial charge on any atom is -0.496 e. The van der Waals surface area contributed by atoms with Crippen LogP contribution >= 0.6 is 11.3 Å². The molecule has 4 rings (SSSR count). The number of amides is 1. The minimum atomic E-state index is -0.0774. The SMILES string of the molecule is COc1ccccc1C=Nc1sc2c(c1C(=O)Nc1ccccc1)CCCCCC2. The number of thiophene rings is 1. The number of aryl methyl sites for hydroxylation is 1. The topological polar surface area (TPSA) is 50.7 Å². The predicted octanol–water partition coefficient (Wildman–Crippen LogP) is 6.42. The van der Waals surface area contributed by atoms with Gasteiger partial charge in [0.05, 0.1) is 12.7 Å². The van der Waals surface area contributed by atoms with Gasteiger partial charge in [0.15, 0.2) is 0 Å². The fourth-order valence-electron chi connectivity index (χ4n) is 3.85. The molecule has 0 unspecified atom stereocenters. The smallest absolute Gasteiger partial charge is 0.259 e. The maximum atomic E-state index is 13.3. The predicted molar refractivity (Wildman–Crippen MR) is 125 cm³/mol. The summed E-state index contributed by atoms with van der Waals surface area (Å²) in [7, 11) is 1.66. The molecule has 154 valence electrons. The number of nitrogens with one attached hydrogen (secondary N) is 1. The molecule has 0 fully saturated rings. The second-order valence-electron chi connectivity index (χ2n) is 7.42. The Hall–Kier alpha value is -2.92. The molecule has 0 saturated heterocycles. The van der Waals surface area contributed by atoms with Gasteiger partial charge in [-0.15, -0.1) is 11.3 Å². The summed E-state index contributed by atoms with van der Waals surface area (Å²) in [4.78, 5) is 19.4. The van der Waals surface area contributed by atoms with E-state index in [1.54, 1.807) is 24.7 Å². The van der Waals surface area contributed by atoms with Gasteiger partial charge in [-0.1, -0.05) is 43.2 Å². The van der Waals surface area contributed by atoms with Crippen LogP contribution in [0.2, 0.25) is 0 Å². The largest absolute Gasteiger partial charge is 0.496 e. The van der Waals surface area contributed by atoms with Gasteiger partial charge >= 0.3 is 0 Å². The maximum absolute atomic E-state index is 13.3. The molecule has 1 heterocycles. The summed E-state index contributed by atoms with van der Waals surface area (Å²) >= 11 is 1.66. The summed E-state index contributed by atoms with van der Waals surface area (Å²) < 4.78 is 5.44. The minimum absolute atomic E-state index is 0.0774. The average molecular weight is 419 g/mol. The number of rotatable bonds is 5. The van der Waals surface area contributed by atoms with Gasteiger partial charge in [-0.3, -0.25) is 4.79 Å². The number of carbonyl (C=O) groups excluding carboxylic acids is 1. The molecule has 30 heavy (non-hydrogen) atoms. The molecule has 1 aromatic heterocycles. The van der Waals surface area contributed by atoms with E-state index in [2.05, 4.69) is 5.32 Å². The summed E-state index contributed by atoms with van der Waals surface area (Å²) in [6, 6.07) is 17.4. The number of hydrogen-bond donors (Lipinski definition) is 1. The number of benzene rings is 2. The van der Waals surface area contributed by atoms with Crippen LogP contribution in [0, 0.1) is 0 Å². The molecule has 0 spiro atoms. The molecule has 4 nitrogen and oxygen atoms in total. The Labute approximate surface area is 181 Å². The van der Waals surface area contributed by atoms with Crippen molar-refractivity contribution in [3.63, 3.8) is 0 Å². The molecule has 1 aliphatic rings. The van der Waals surface area contributed by atoms with Gasteiger partial charge in [0.1, 0.15) is 10.8 Å². The Balaban J connectivity index is 1.72. The number of methoxy groups -OCH3 is 1. The van der Waals surface area contributed by atoms with E-state index in [4.69, 9.17) is 9.73 Å². The summed E-state index contributed by atoms with van der Waals surface area (Å²) in [6.07, 6.45) is 8.52. The van der Waals surface area contributed by atoms with Gasteiger partial charge < -0.3 is 10.1 Å². The Morgan fingerprint density at radius 3 is 2.53 bits per heavy atom. The van der Waals surface area contributed by atoms with E-state index in [1.165, 1.54) is 29.7 Å². The van der Waals surface area contributed by atoms with Crippen LogP contribution in [0.3, 0.4) is 0 Å². The highest BCUT2D eigenvalue weighted by atomic mass is 32.1. The van der Waals surface area contributed by atoms with Gasteiger partial charge in [-0.05, 0) is 55.5 Å². The lowest BCUT2D eigenvalue weighted by atomic mass is 9.96. The van der Waals surface area contributed by atoms with Crippen LogP contribution in [-0.2, 0) is 12.8 Å². The average Bonchev–Trinajstić information content (AvgIpc) is 3.09. The first-order valence-electron chi connectivity index (χ1n) is 10.4. The number of fused-ring (bicyclic) bond motifs is 1. The van der Waals surface area contributed by atoms with E-state index < -0.39 is 0 Å². The van der Waals surface area contributed by atoms with E-state index in [0.717, 1.165) is 46.8 Å². The van der Waals surface area contributed by atoms with E-state index in [1.807, 2.05) is 54.6 Å². The van der Waals surface area contributed by atoms with E-state index in [-0.39, 0.29) is 5.91 Å². The quantitative estimate of drug-likeness (QED) is 0.486. The molecule has 1 N–H and O–H groups in total. The molecule has 5 heteroatoms. The highest BCUT2D eigenvalue weighted by Gasteiger charge is 2.24. The van der Waals surface area contributed by atoms with Crippen LogP contribution in [0.5, 0.6) is 5.75 Å². The van der Waals surface area contributed by atoms with Crippen molar-refractivity contribution in [2.45, 2.75) is 38.5 Å². The van der Waals surface area contributed by atoms with Crippen molar-refractivity contribution in [2.24, 2.45) is 4.99 Å². The van der Waals surface area contributed by atoms with Crippen LogP contribution in [0.1, 0.15) is 52.0 Å². The molecule has 1 aliphatic carbocycles. The highest BCUT2D eigenvalue weighted by Crippen LogP contribution is 2.39. The van der Waals surface area contributed by atoms with Crippen molar-refractivity contribution in [2.75, 3.05) is 12.4 Å². The van der Waals surface area contributed by atoms with Crippen LogP contribution in [-0.4, -0.2) is 19.2 Å². The third kappa shape index (κ3) is 4.62. The fourth-order valence-corrected chi connectivity index (χ4v) is 5.08. The fraction of sp³-hybridized carbons (Fsp3) is 0.280. The summed E-state index contributed by atoms with van der Waals surface area (Å²) in [6.45, 7) is 0. The molecule has 0 bridgehead atoms. The number of carbonyl (C=O) groups is 1. The summed E-state index contributed by atoms with van der Waals surface area (Å²) in [5.74, 6) is 0.693. The number of ether oxygens (including phenoxy) is 1. The van der Waals surface area contributed by atoms with Gasteiger partial charge in [0.25, 0.3) is 5.91 Å². The lowest BCUT2D eigenvalue weighted by molar-refractivity contribution is 0.102. The molecule has 0 saturated carbocycles. The Kier molecular flexibility index (Phi) is 6.60. The van der Waals surface area contributed by atoms with Crippen molar-refractivity contribution in [1.82, 2.24) is 0 Å². The maximum Gasteiger partial charge on any atom is 0.259 e. The second kappa shape index (κ2) is 9.72. The number of hydrogen-bond acceptors (Lipinski definition) is 4. The molecule has 1 amide bonds. The van der Waals surface area contributed by atoms with Gasteiger partial charge in [-0.2, -0.15) is 0 Å². The normalized spacial score (nSPS) is 14.0. The molecule has 0 radical (unpaired) electrons. The molecule has 2 aromatic carbocycles. The van der Waals surface area contributed by atoms with Crippen LogP contribution in [0.25, 0.3) is 0 Å². The zero-order valence-electron chi connectivity index (χ0n) is 17.2. The first-order valence-corrected chi connectivity index (χ1v) is 11.3. The molecule has 0 aliphatic heterocycles. The highest BCUT2D eigenvalue weighted by molar-refractivity contribution is 7.16. The van der Waals surface area contributed by atoms with Crippen LogP contribution < -0.4 is 10.1 Å². The van der Waals surface area contributed by atoms with Crippen molar-refractivity contribution in [1.29, 1.82) is 0 Å². The number of nitrogens with zero attached hydrogens (tertiary/aromatic N) is 1. The van der Waals surface area contributed by atoms with Gasteiger partial charge in [0.2, 0.25) is 0 Å².